The lowest BCUT2D eigenvalue weighted by Gasteiger charge is -2.43. The first-order valence-electron chi connectivity index (χ1n) is 16.3. The largest absolute Gasteiger partial charge is 0.487 e. The van der Waals surface area contributed by atoms with Gasteiger partial charge in [-0.2, -0.15) is 0 Å². The molecule has 12 heteroatoms. The minimum absolute atomic E-state index is 0.0124. The average molecular weight is 700 g/mol. The number of hydrogen-bond donors (Lipinski definition) is 0. The average Bonchev–Trinajstić information content (AvgIpc) is 3.63. The van der Waals surface area contributed by atoms with Gasteiger partial charge in [0, 0.05) is 12.5 Å². The van der Waals surface area contributed by atoms with Gasteiger partial charge < -0.3 is 23.7 Å². The van der Waals surface area contributed by atoms with Gasteiger partial charge in [0.1, 0.15) is 42.4 Å². The van der Waals surface area contributed by atoms with Gasteiger partial charge in [-0.05, 0) is 34.9 Å². The molecule has 1 saturated heterocycles. The fraction of sp³-hybridized carbons (Fsp3) is 0.256. The Morgan fingerprint density at radius 2 is 1.39 bits per heavy atom. The van der Waals surface area contributed by atoms with Crippen molar-refractivity contribution in [2.45, 2.75) is 51.1 Å². The van der Waals surface area contributed by atoms with E-state index in [2.05, 4.69) is 10.3 Å². The molecule has 0 N–H and O–H groups in total. The van der Waals surface area contributed by atoms with Crippen LogP contribution in [0.3, 0.4) is 0 Å². The predicted octanol–water partition coefficient (Wildman–Crippen LogP) is 7.14. The molecule has 6 rings (SSSR count). The topological polar surface area (TPSA) is 93.9 Å². The molecule has 1 aliphatic heterocycles. The highest BCUT2D eigenvalue weighted by Crippen LogP contribution is 2.38. The number of carbonyl (C=O) groups excluding carboxylic acids is 1. The zero-order valence-electron chi connectivity index (χ0n) is 27.7. The maximum atomic E-state index is 14.3. The third-order valence-electron chi connectivity index (χ3n) is 8.20. The van der Waals surface area contributed by atoms with Gasteiger partial charge in [0.2, 0.25) is 0 Å². The molecule has 2 heterocycles. The first kappa shape index (κ1) is 35.5. The molecule has 5 aromatic rings. The molecule has 9 nitrogen and oxygen atoms in total. The molecule has 4 aromatic carbocycles. The molecule has 0 unspecified atom stereocenters. The number of aromatic nitrogens is 3. The first-order valence-corrected chi connectivity index (χ1v) is 16.3. The van der Waals surface area contributed by atoms with Gasteiger partial charge in [-0.3, -0.25) is 4.79 Å². The number of esters is 1. The van der Waals surface area contributed by atoms with Crippen LogP contribution in [0.1, 0.15) is 29.7 Å². The Labute approximate surface area is 293 Å². The summed E-state index contributed by atoms with van der Waals surface area (Å²) >= 11 is 0. The van der Waals surface area contributed by atoms with Crippen molar-refractivity contribution in [3.63, 3.8) is 0 Å². The Kier molecular flexibility index (Phi) is 11.9. The van der Waals surface area contributed by atoms with E-state index in [1.807, 2.05) is 91.0 Å². The highest BCUT2D eigenvalue weighted by molar-refractivity contribution is 5.66. The minimum atomic E-state index is -1.58. The Hall–Kier alpha value is -5.30. The molecular weight excluding hydrogens is 663 g/mol. The lowest BCUT2D eigenvalue weighted by atomic mass is 9.94. The van der Waals surface area contributed by atoms with Crippen molar-refractivity contribution in [1.82, 2.24) is 15.0 Å². The highest BCUT2D eigenvalue weighted by Gasteiger charge is 2.47. The van der Waals surface area contributed by atoms with E-state index in [-0.39, 0.29) is 37.7 Å². The van der Waals surface area contributed by atoms with E-state index in [0.29, 0.717) is 12.4 Å². The summed E-state index contributed by atoms with van der Waals surface area (Å²) in [6.45, 7) is 1.93. The summed E-state index contributed by atoms with van der Waals surface area (Å²) in [7, 11) is 0. The van der Waals surface area contributed by atoms with Crippen molar-refractivity contribution < 1.29 is 41.7 Å². The fourth-order valence-corrected chi connectivity index (χ4v) is 5.73. The van der Waals surface area contributed by atoms with Crippen LogP contribution in [-0.2, 0) is 48.3 Å². The van der Waals surface area contributed by atoms with Gasteiger partial charge in [0.15, 0.2) is 17.5 Å². The van der Waals surface area contributed by atoms with Crippen LogP contribution in [0.2, 0.25) is 0 Å². The van der Waals surface area contributed by atoms with E-state index in [9.17, 15) is 18.0 Å². The quantitative estimate of drug-likeness (QED) is 0.0893. The number of nitrogens with zero attached hydrogens (tertiary/aromatic N) is 3. The summed E-state index contributed by atoms with van der Waals surface area (Å²) in [4.78, 5) is 11.7. The van der Waals surface area contributed by atoms with Gasteiger partial charge in [-0.1, -0.05) is 96.2 Å². The first-order chi connectivity index (χ1) is 24.9. The standard InChI is InChI=1S/C39H36F3N3O6/c1-26(46)48-18-17-34-38(49-23-28-13-7-3-8-14-28)37(45-21-33(43-44-45)30-19-31(40)36(42)32(41)20-30)39(50-24-29-15-9-4-10-16-29)35(51-34)25-47-22-27-11-5-2-6-12-27/h2-17,19-21,35,37-39H,18,22-25H2,1H3/b34-17+/t35-,37-,38+,39+/m1/s1. The minimum Gasteiger partial charge on any atom is -0.487 e. The maximum Gasteiger partial charge on any atom is 0.302 e. The molecule has 1 aromatic heterocycles. The van der Waals surface area contributed by atoms with E-state index in [0.717, 1.165) is 28.8 Å². The van der Waals surface area contributed by atoms with Crippen LogP contribution in [0.25, 0.3) is 11.3 Å². The molecule has 0 amide bonds. The Bertz CT molecular complexity index is 1890. The van der Waals surface area contributed by atoms with Gasteiger partial charge in [0.25, 0.3) is 0 Å². The third kappa shape index (κ3) is 9.28. The molecule has 1 fully saturated rings. The lowest BCUT2D eigenvalue weighted by Crippen LogP contribution is -2.52. The number of carbonyl (C=O) groups is 1. The van der Waals surface area contributed by atoms with Crippen LogP contribution in [0.15, 0.2) is 121 Å². The molecule has 1 aliphatic rings. The molecule has 0 radical (unpaired) electrons. The number of halogens is 3. The Morgan fingerprint density at radius 1 is 0.824 bits per heavy atom. The number of benzene rings is 4. The van der Waals surface area contributed by atoms with Gasteiger partial charge in [0.05, 0.1) is 32.6 Å². The Morgan fingerprint density at radius 3 is 1.98 bits per heavy atom. The maximum absolute atomic E-state index is 14.3. The van der Waals surface area contributed by atoms with Gasteiger partial charge >= 0.3 is 5.97 Å². The van der Waals surface area contributed by atoms with Crippen molar-refractivity contribution in [1.29, 1.82) is 0 Å². The number of rotatable bonds is 14. The van der Waals surface area contributed by atoms with Crippen molar-refractivity contribution in [2.24, 2.45) is 0 Å². The molecule has 264 valence electrons. The third-order valence-corrected chi connectivity index (χ3v) is 8.20. The summed E-state index contributed by atoms with van der Waals surface area (Å²) < 4.78 is 75.1. The summed E-state index contributed by atoms with van der Waals surface area (Å²) in [5.74, 6) is -4.44. The van der Waals surface area contributed by atoms with Crippen LogP contribution in [0, 0.1) is 17.5 Å². The molecule has 4 atom stereocenters. The van der Waals surface area contributed by atoms with E-state index in [4.69, 9.17) is 23.7 Å². The van der Waals surface area contributed by atoms with Crippen LogP contribution < -0.4 is 0 Å². The second-order valence-corrected chi connectivity index (χ2v) is 11.9. The summed E-state index contributed by atoms with van der Waals surface area (Å²) in [5.41, 5.74) is 2.81. The van der Waals surface area contributed by atoms with Crippen LogP contribution in [0.4, 0.5) is 13.2 Å². The molecule has 0 saturated carbocycles. The zero-order chi connectivity index (χ0) is 35.6. The molecular formula is C39H36F3N3O6. The second-order valence-electron chi connectivity index (χ2n) is 11.9. The normalized spacial score (nSPS) is 19.5. The molecule has 51 heavy (non-hydrogen) atoms. The predicted molar refractivity (Wildman–Crippen MR) is 180 cm³/mol. The smallest absolute Gasteiger partial charge is 0.302 e. The van der Waals surface area contributed by atoms with E-state index >= 15 is 0 Å². The van der Waals surface area contributed by atoms with Crippen LogP contribution in [-0.4, -0.2) is 52.5 Å². The van der Waals surface area contributed by atoms with E-state index in [1.165, 1.54) is 17.8 Å². The number of hydrogen-bond acceptors (Lipinski definition) is 8. The monoisotopic (exact) mass is 699 g/mol. The van der Waals surface area contributed by atoms with E-state index in [1.54, 1.807) is 6.08 Å². The summed E-state index contributed by atoms with van der Waals surface area (Å²) in [5, 5.41) is 8.57. The Balaban J connectivity index is 1.41. The highest BCUT2D eigenvalue weighted by atomic mass is 19.2. The van der Waals surface area contributed by atoms with E-state index < -0.39 is 47.8 Å². The lowest BCUT2D eigenvalue weighted by molar-refractivity contribution is -0.180. The zero-order valence-corrected chi connectivity index (χ0v) is 27.7. The molecule has 0 bridgehead atoms. The van der Waals surface area contributed by atoms with Crippen LogP contribution in [0.5, 0.6) is 0 Å². The van der Waals surface area contributed by atoms with Crippen molar-refractivity contribution in [2.75, 3.05) is 13.2 Å². The van der Waals surface area contributed by atoms with Crippen molar-refractivity contribution in [3.8, 4) is 11.3 Å². The summed E-state index contributed by atoms with van der Waals surface area (Å²) in [6.07, 6.45) is 0.693. The molecule has 0 aliphatic carbocycles. The summed E-state index contributed by atoms with van der Waals surface area (Å²) in [6, 6.07) is 29.6. The fourth-order valence-electron chi connectivity index (χ4n) is 5.73. The van der Waals surface area contributed by atoms with Crippen molar-refractivity contribution in [3.05, 3.63) is 155 Å². The van der Waals surface area contributed by atoms with Gasteiger partial charge in [-0.25, -0.2) is 17.9 Å². The van der Waals surface area contributed by atoms with Crippen molar-refractivity contribution >= 4 is 5.97 Å². The number of ether oxygens (including phenoxy) is 5. The van der Waals surface area contributed by atoms with Gasteiger partial charge in [-0.15, -0.1) is 5.10 Å². The SMILES string of the molecule is CC(=O)OC/C=C1/O[C@H](COCc2ccccc2)[C@H](OCc2ccccc2)[C@H](n2cc(-c3cc(F)c(F)c(F)c3)nn2)[C@H]1OCc1ccccc1. The van der Waals surface area contributed by atoms with Crippen LogP contribution >= 0.6 is 0 Å². The molecule has 0 spiro atoms. The second kappa shape index (κ2) is 17.1.